The van der Waals surface area contributed by atoms with Gasteiger partial charge in [0.15, 0.2) is 0 Å². The molecule has 1 unspecified atom stereocenters. The third kappa shape index (κ3) is 3.64. The van der Waals surface area contributed by atoms with Crippen molar-refractivity contribution in [2.24, 2.45) is 0 Å². The van der Waals surface area contributed by atoms with Crippen LogP contribution in [0.4, 0.5) is 0 Å². The number of rotatable bonds is 3. The van der Waals surface area contributed by atoms with Crippen molar-refractivity contribution in [3.63, 3.8) is 0 Å². The maximum Gasteiger partial charge on any atom is 0.136 e. The van der Waals surface area contributed by atoms with Gasteiger partial charge in [0, 0.05) is 27.5 Å². The molecule has 0 saturated carbocycles. The highest BCUT2D eigenvalue weighted by Crippen LogP contribution is 2.48. The molecule has 2 heterocycles. The summed E-state index contributed by atoms with van der Waals surface area (Å²) in [4.78, 5) is 0. The molecule has 0 saturated heterocycles. The minimum atomic E-state index is 0.251. The summed E-state index contributed by atoms with van der Waals surface area (Å²) in [6, 6.07) is 47.8. The second-order valence-electron chi connectivity index (χ2n) is 12.3. The van der Waals surface area contributed by atoms with Crippen LogP contribution in [0.25, 0.3) is 82.1 Å². The zero-order chi connectivity index (χ0) is 30.2. The Morgan fingerprint density at radius 2 is 1.04 bits per heavy atom. The molecule has 1 aliphatic rings. The molecular weight excluding hydrogens is 560 g/mol. The summed E-state index contributed by atoms with van der Waals surface area (Å²) in [5, 5.41) is 9.57. The van der Waals surface area contributed by atoms with E-state index < -0.39 is 0 Å². The summed E-state index contributed by atoms with van der Waals surface area (Å²) < 4.78 is 12.8. The quantitative estimate of drug-likeness (QED) is 0.192. The fraction of sp³-hybridized carbons (Fsp3) is 0.0455. The molecule has 9 aromatic rings. The van der Waals surface area contributed by atoms with Crippen LogP contribution in [0.15, 0.2) is 161 Å². The Morgan fingerprint density at radius 1 is 0.457 bits per heavy atom. The molecule has 1 aliphatic carbocycles. The highest BCUT2D eigenvalue weighted by molar-refractivity contribution is 6.26. The van der Waals surface area contributed by atoms with E-state index in [1.807, 2.05) is 24.3 Å². The van der Waals surface area contributed by atoms with Gasteiger partial charge in [-0.05, 0) is 86.1 Å². The summed E-state index contributed by atoms with van der Waals surface area (Å²) in [6.45, 7) is 0. The van der Waals surface area contributed by atoms with Gasteiger partial charge in [0.2, 0.25) is 0 Å². The molecule has 0 spiro atoms. The Morgan fingerprint density at radius 3 is 1.76 bits per heavy atom. The predicted molar refractivity (Wildman–Crippen MR) is 192 cm³/mol. The third-order valence-electron chi connectivity index (χ3n) is 9.85. The van der Waals surface area contributed by atoms with Crippen LogP contribution in [-0.2, 0) is 0 Å². The molecule has 0 aliphatic heterocycles. The second kappa shape index (κ2) is 9.82. The first kappa shape index (κ1) is 25.5. The number of allylic oxidation sites excluding steroid dienone is 4. The molecule has 0 N–H and O–H groups in total. The topological polar surface area (TPSA) is 26.3 Å². The van der Waals surface area contributed by atoms with E-state index in [0.717, 1.165) is 55.9 Å². The van der Waals surface area contributed by atoms with Crippen molar-refractivity contribution in [2.45, 2.75) is 12.3 Å². The van der Waals surface area contributed by atoms with Crippen molar-refractivity contribution >= 4 is 71.0 Å². The van der Waals surface area contributed by atoms with Gasteiger partial charge in [-0.25, -0.2) is 0 Å². The van der Waals surface area contributed by atoms with Crippen molar-refractivity contribution < 1.29 is 8.83 Å². The maximum atomic E-state index is 6.59. The molecule has 216 valence electrons. The Labute approximate surface area is 265 Å². The van der Waals surface area contributed by atoms with Gasteiger partial charge >= 0.3 is 0 Å². The molecule has 0 radical (unpaired) electrons. The van der Waals surface area contributed by atoms with Crippen molar-refractivity contribution in [2.75, 3.05) is 0 Å². The van der Waals surface area contributed by atoms with Crippen LogP contribution >= 0.6 is 0 Å². The summed E-state index contributed by atoms with van der Waals surface area (Å²) in [5.41, 5.74) is 9.98. The largest absolute Gasteiger partial charge is 0.456 e. The molecule has 2 heteroatoms. The van der Waals surface area contributed by atoms with Gasteiger partial charge < -0.3 is 8.83 Å². The monoisotopic (exact) mass is 588 g/mol. The molecule has 2 nitrogen and oxygen atoms in total. The van der Waals surface area contributed by atoms with E-state index in [4.69, 9.17) is 8.83 Å². The molecule has 10 rings (SSSR count). The van der Waals surface area contributed by atoms with Gasteiger partial charge in [-0.2, -0.15) is 0 Å². The fourth-order valence-corrected chi connectivity index (χ4v) is 7.92. The van der Waals surface area contributed by atoms with E-state index in [1.54, 1.807) is 0 Å². The lowest BCUT2D eigenvalue weighted by Gasteiger charge is -2.27. The molecule has 0 bridgehead atoms. The second-order valence-corrected chi connectivity index (χ2v) is 12.3. The average molecular weight is 589 g/mol. The van der Waals surface area contributed by atoms with Crippen molar-refractivity contribution in [1.29, 1.82) is 0 Å². The lowest BCUT2D eigenvalue weighted by molar-refractivity contribution is 0.663. The van der Waals surface area contributed by atoms with Gasteiger partial charge in [0.05, 0.1) is 0 Å². The average Bonchev–Trinajstić information content (AvgIpc) is 3.68. The van der Waals surface area contributed by atoms with E-state index in [0.29, 0.717) is 0 Å². The Hall–Kier alpha value is -5.86. The Kier molecular flexibility index (Phi) is 5.44. The zero-order valence-electron chi connectivity index (χ0n) is 25.0. The summed E-state index contributed by atoms with van der Waals surface area (Å²) >= 11 is 0. The van der Waals surface area contributed by atoms with Crippen LogP contribution in [0.1, 0.15) is 23.5 Å². The molecule has 0 amide bonds. The molecule has 1 atom stereocenters. The van der Waals surface area contributed by atoms with E-state index in [2.05, 4.69) is 127 Å². The van der Waals surface area contributed by atoms with Gasteiger partial charge in [0.25, 0.3) is 0 Å². The van der Waals surface area contributed by atoms with Gasteiger partial charge in [-0.15, -0.1) is 0 Å². The van der Waals surface area contributed by atoms with Gasteiger partial charge in [-0.1, -0.05) is 121 Å². The first-order chi connectivity index (χ1) is 22.8. The van der Waals surface area contributed by atoms with Crippen LogP contribution in [0.3, 0.4) is 0 Å². The number of furan rings is 2. The van der Waals surface area contributed by atoms with E-state index >= 15 is 0 Å². The van der Waals surface area contributed by atoms with Crippen molar-refractivity contribution in [3.8, 4) is 11.1 Å². The van der Waals surface area contributed by atoms with Gasteiger partial charge in [0.1, 0.15) is 22.3 Å². The first-order valence-electron chi connectivity index (χ1n) is 16.0. The van der Waals surface area contributed by atoms with E-state index in [1.165, 1.54) is 43.8 Å². The molecular formula is C44H28O2. The van der Waals surface area contributed by atoms with Crippen LogP contribution < -0.4 is 0 Å². The minimum Gasteiger partial charge on any atom is -0.456 e. The van der Waals surface area contributed by atoms with Gasteiger partial charge in [-0.3, -0.25) is 0 Å². The van der Waals surface area contributed by atoms with Crippen molar-refractivity contribution in [3.05, 3.63) is 163 Å². The normalized spacial score (nSPS) is 15.1. The zero-order valence-corrected chi connectivity index (χ0v) is 25.0. The first-order valence-corrected chi connectivity index (χ1v) is 16.0. The fourth-order valence-electron chi connectivity index (χ4n) is 7.92. The van der Waals surface area contributed by atoms with Crippen LogP contribution in [0, 0.1) is 0 Å². The lowest BCUT2D eigenvalue weighted by atomic mass is 9.76. The highest BCUT2D eigenvalue weighted by atomic mass is 16.3. The molecule has 46 heavy (non-hydrogen) atoms. The lowest BCUT2D eigenvalue weighted by Crippen LogP contribution is -2.06. The van der Waals surface area contributed by atoms with Crippen LogP contribution in [0.5, 0.6) is 0 Å². The van der Waals surface area contributed by atoms with Crippen LogP contribution in [0.2, 0.25) is 0 Å². The number of hydrogen-bond acceptors (Lipinski definition) is 2. The third-order valence-corrected chi connectivity index (χ3v) is 9.85. The molecule has 7 aromatic carbocycles. The van der Waals surface area contributed by atoms with Crippen LogP contribution in [-0.4, -0.2) is 0 Å². The summed E-state index contributed by atoms with van der Waals surface area (Å²) in [5.74, 6) is 0.251. The minimum absolute atomic E-state index is 0.251. The Bertz CT molecular complexity index is 2660. The van der Waals surface area contributed by atoms with E-state index in [-0.39, 0.29) is 5.92 Å². The Balaban J connectivity index is 1.24. The molecule has 0 fully saturated rings. The molecule has 2 aromatic heterocycles. The van der Waals surface area contributed by atoms with E-state index in [9.17, 15) is 0 Å². The summed E-state index contributed by atoms with van der Waals surface area (Å²) in [6.07, 6.45) is 7.79. The highest BCUT2D eigenvalue weighted by Gasteiger charge is 2.26. The smallest absolute Gasteiger partial charge is 0.136 e. The number of para-hydroxylation sites is 1. The van der Waals surface area contributed by atoms with Crippen molar-refractivity contribution in [1.82, 2.24) is 0 Å². The maximum absolute atomic E-state index is 6.59. The standard InChI is InChI=1S/C44H28O2/c1-2-12-27(13-3-1)29-14-4-5-15-30(29)42-33-18-8-6-16-31(33)41(32-17-7-9-19-34(32)42)28-22-23-36-40(26-28)46-39-25-24-38-43(44(36)39)35-20-10-11-21-37(35)45-38/h1-14,16-26,30H,15H2. The number of fused-ring (bicyclic) bond motifs is 9. The predicted octanol–water partition coefficient (Wildman–Crippen LogP) is 12.6. The number of hydrogen-bond donors (Lipinski definition) is 0. The number of benzene rings is 7. The summed E-state index contributed by atoms with van der Waals surface area (Å²) in [7, 11) is 0. The SMILES string of the molecule is C1=CCC(c2c3ccccc3c(-c3ccc4c(c3)oc3ccc5oc6ccccc6c5c34)c3ccccc23)C(c2ccccc2)=C1.